The van der Waals surface area contributed by atoms with Crippen LogP contribution in [0, 0.1) is 11.6 Å². The Kier molecular flexibility index (Phi) is 4.45. The fourth-order valence-electron chi connectivity index (χ4n) is 2.50. The van der Waals surface area contributed by atoms with E-state index in [0.717, 1.165) is 6.07 Å². The molecule has 0 atom stereocenters. The van der Waals surface area contributed by atoms with E-state index in [4.69, 9.17) is 5.11 Å². The van der Waals surface area contributed by atoms with Gasteiger partial charge in [0.25, 0.3) is 0 Å². The SMILES string of the molecule is O=C(O)c1cc(-c2cc(C(=O)O)ccn2)cc(-c2ccc(F)cc2F)c1. The van der Waals surface area contributed by atoms with Gasteiger partial charge in [-0.25, -0.2) is 18.4 Å². The van der Waals surface area contributed by atoms with Crippen molar-refractivity contribution in [1.29, 1.82) is 0 Å². The standard InChI is InChI=1S/C19H11F2NO4/c20-14-1-2-15(16(21)9-14)11-5-12(7-13(6-11)19(25)26)17-8-10(18(23)24)3-4-22-17/h1-9H,(H,23,24)(H,25,26). The fraction of sp³-hybridized carbons (Fsp3) is 0. The molecule has 0 aliphatic carbocycles. The third-order valence-corrected chi connectivity index (χ3v) is 3.72. The van der Waals surface area contributed by atoms with Crippen LogP contribution >= 0.6 is 0 Å². The number of carboxylic acid groups (broad SMARTS) is 2. The second kappa shape index (κ2) is 6.72. The minimum atomic E-state index is -1.25. The number of nitrogens with zero attached hydrogens (tertiary/aromatic N) is 1. The number of hydrogen-bond acceptors (Lipinski definition) is 3. The smallest absolute Gasteiger partial charge is 0.335 e. The van der Waals surface area contributed by atoms with E-state index in [-0.39, 0.29) is 27.9 Å². The molecule has 2 aromatic carbocycles. The summed E-state index contributed by atoms with van der Waals surface area (Å²) in [5, 5.41) is 18.4. The molecule has 0 amide bonds. The molecule has 2 N–H and O–H groups in total. The van der Waals surface area contributed by atoms with Crippen LogP contribution < -0.4 is 0 Å². The molecule has 3 rings (SSSR count). The van der Waals surface area contributed by atoms with Gasteiger partial charge in [-0.05, 0) is 48.0 Å². The number of benzene rings is 2. The first-order chi connectivity index (χ1) is 12.3. The summed E-state index contributed by atoms with van der Waals surface area (Å²) in [5.74, 6) is -4.00. The van der Waals surface area contributed by atoms with Crippen LogP contribution in [0.5, 0.6) is 0 Å². The fourth-order valence-corrected chi connectivity index (χ4v) is 2.50. The maximum Gasteiger partial charge on any atom is 0.335 e. The lowest BCUT2D eigenvalue weighted by Gasteiger charge is -2.09. The first-order valence-corrected chi connectivity index (χ1v) is 7.38. The Morgan fingerprint density at radius 3 is 2.15 bits per heavy atom. The first kappa shape index (κ1) is 17.2. The van der Waals surface area contributed by atoms with E-state index in [1.54, 1.807) is 0 Å². The molecule has 0 radical (unpaired) electrons. The quantitative estimate of drug-likeness (QED) is 0.736. The van der Waals surface area contributed by atoms with Gasteiger partial charge in [-0.3, -0.25) is 4.98 Å². The summed E-state index contributed by atoms with van der Waals surface area (Å²) in [6.45, 7) is 0. The number of halogens is 2. The van der Waals surface area contributed by atoms with Gasteiger partial charge in [0.1, 0.15) is 11.6 Å². The van der Waals surface area contributed by atoms with Crippen molar-refractivity contribution in [3.05, 3.63) is 77.5 Å². The summed E-state index contributed by atoms with van der Waals surface area (Å²) in [5.41, 5.74) is 0.586. The molecule has 1 aromatic heterocycles. The first-order valence-electron chi connectivity index (χ1n) is 7.38. The van der Waals surface area contributed by atoms with Crippen LogP contribution in [0.15, 0.2) is 54.7 Å². The molecule has 0 saturated heterocycles. The lowest BCUT2D eigenvalue weighted by Crippen LogP contribution is -2.00. The molecule has 0 unspecified atom stereocenters. The average molecular weight is 355 g/mol. The van der Waals surface area contributed by atoms with Gasteiger partial charge in [-0.15, -0.1) is 0 Å². The predicted octanol–water partition coefficient (Wildman–Crippen LogP) is 4.09. The summed E-state index contributed by atoms with van der Waals surface area (Å²) in [6, 6.07) is 9.58. The minimum Gasteiger partial charge on any atom is -0.478 e. The van der Waals surface area contributed by atoms with E-state index >= 15 is 0 Å². The number of pyridine rings is 1. The van der Waals surface area contributed by atoms with Crippen LogP contribution in [0.25, 0.3) is 22.4 Å². The summed E-state index contributed by atoms with van der Waals surface area (Å²) in [6.07, 6.45) is 1.28. The third-order valence-electron chi connectivity index (χ3n) is 3.72. The van der Waals surface area contributed by atoms with E-state index in [0.29, 0.717) is 11.6 Å². The molecule has 0 saturated carbocycles. The normalized spacial score (nSPS) is 10.5. The van der Waals surface area contributed by atoms with Crippen LogP contribution in [-0.2, 0) is 0 Å². The third kappa shape index (κ3) is 3.41. The summed E-state index contributed by atoms with van der Waals surface area (Å²) >= 11 is 0. The average Bonchev–Trinajstić information content (AvgIpc) is 2.61. The highest BCUT2D eigenvalue weighted by Gasteiger charge is 2.14. The van der Waals surface area contributed by atoms with Crippen LogP contribution in [0.1, 0.15) is 20.7 Å². The molecule has 0 bridgehead atoms. The van der Waals surface area contributed by atoms with Gasteiger partial charge in [0.2, 0.25) is 0 Å². The molecule has 1 heterocycles. The molecule has 0 spiro atoms. The maximum absolute atomic E-state index is 14.1. The van der Waals surface area contributed by atoms with Gasteiger partial charge in [0.15, 0.2) is 0 Å². The van der Waals surface area contributed by atoms with Crippen LogP contribution in [0.4, 0.5) is 8.78 Å². The molecule has 130 valence electrons. The number of hydrogen-bond donors (Lipinski definition) is 2. The Bertz CT molecular complexity index is 1030. The van der Waals surface area contributed by atoms with Crippen molar-refractivity contribution in [2.75, 3.05) is 0 Å². The largest absolute Gasteiger partial charge is 0.478 e. The molecule has 3 aromatic rings. The molecular weight excluding hydrogens is 344 g/mol. The zero-order valence-electron chi connectivity index (χ0n) is 13.1. The topological polar surface area (TPSA) is 87.5 Å². The van der Waals surface area contributed by atoms with E-state index in [1.165, 1.54) is 42.6 Å². The second-order valence-electron chi connectivity index (χ2n) is 5.46. The summed E-state index contributed by atoms with van der Waals surface area (Å²) in [4.78, 5) is 26.6. The zero-order valence-corrected chi connectivity index (χ0v) is 13.1. The van der Waals surface area contributed by atoms with Crippen LogP contribution in [-0.4, -0.2) is 27.1 Å². The number of aromatic carboxylic acids is 2. The van der Waals surface area contributed by atoms with E-state index in [1.807, 2.05) is 0 Å². The Morgan fingerprint density at radius 1 is 0.808 bits per heavy atom. The lowest BCUT2D eigenvalue weighted by atomic mass is 9.97. The number of carboxylic acids is 2. The molecule has 0 aliphatic rings. The van der Waals surface area contributed by atoms with Gasteiger partial charge in [0, 0.05) is 23.4 Å². The summed E-state index contributed by atoms with van der Waals surface area (Å²) < 4.78 is 27.2. The number of rotatable bonds is 4. The van der Waals surface area contributed by atoms with Crippen LogP contribution in [0.2, 0.25) is 0 Å². The highest BCUT2D eigenvalue weighted by molar-refractivity contribution is 5.93. The van der Waals surface area contributed by atoms with Crippen LogP contribution in [0.3, 0.4) is 0 Å². The molecule has 7 heteroatoms. The monoisotopic (exact) mass is 355 g/mol. The van der Waals surface area contributed by atoms with Crippen molar-refractivity contribution in [3.8, 4) is 22.4 Å². The summed E-state index contributed by atoms with van der Waals surface area (Å²) in [7, 11) is 0. The maximum atomic E-state index is 14.1. The Hall–Kier alpha value is -3.61. The van der Waals surface area contributed by atoms with Crippen molar-refractivity contribution in [1.82, 2.24) is 4.98 Å². The van der Waals surface area contributed by atoms with Crippen molar-refractivity contribution < 1.29 is 28.6 Å². The van der Waals surface area contributed by atoms with Gasteiger partial charge in [0.05, 0.1) is 16.8 Å². The highest BCUT2D eigenvalue weighted by Crippen LogP contribution is 2.30. The molecular formula is C19H11F2NO4. The predicted molar refractivity (Wildman–Crippen MR) is 88.9 cm³/mol. The Labute approximate surface area is 146 Å². The highest BCUT2D eigenvalue weighted by atomic mass is 19.1. The molecule has 0 aliphatic heterocycles. The molecule has 26 heavy (non-hydrogen) atoms. The van der Waals surface area contributed by atoms with Gasteiger partial charge >= 0.3 is 11.9 Å². The molecule has 0 fully saturated rings. The van der Waals surface area contributed by atoms with E-state index in [9.17, 15) is 23.5 Å². The van der Waals surface area contributed by atoms with Crippen molar-refractivity contribution in [2.45, 2.75) is 0 Å². The van der Waals surface area contributed by atoms with Crippen molar-refractivity contribution in [3.63, 3.8) is 0 Å². The van der Waals surface area contributed by atoms with Gasteiger partial charge in [-0.2, -0.15) is 0 Å². The van der Waals surface area contributed by atoms with E-state index in [2.05, 4.69) is 4.98 Å². The molecule has 5 nitrogen and oxygen atoms in total. The lowest BCUT2D eigenvalue weighted by molar-refractivity contribution is 0.0686. The van der Waals surface area contributed by atoms with Gasteiger partial charge in [-0.1, -0.05) is 0 Å². The Morgan fingerprint density at radius 2 is 1.50 bits per heavy atom. The number of aromatic nitrogens is 1. The number of carbonyl (C=O) groups is 2. The zero-order chi connectivity index (χ0) is 18.8. The Balaban J connectivity index is 2.21. The van der Waals surface area contributed by atoms with Gasteiger partial charge < -0.3 is 10.2 Å². The minimum absolute atomic E-state index is 0.0186. The van der Waals surface area contributed by atoms with E-state index < -0.39 is 23.6 Å². The van der Waals surface area contributed by atoms with Crippen molar-refractivity contribution >= 4 is 11.9 Å². The second-order valence-corrected chi connectivity index (χ2v) is 5.46. The van der Waals surface area contributed by atoms with Crippen molar-refractivity contribution in [2.24, 2.45) is 0 Å².